The number of nitrogens with zero attached hydrogens (tertiary/aromatic N) is 5. The van der Waals surface area contributed by atoms with Crippen LogP contribution >= 0.6 is 0 Å². The van der Waals surface area contributed by atoms with Gasteiger partial charge in [0, 0.05) is 57.1 Å². The van der Waals surface area contributed by atoms with Gasteiger partial charge in [0.2, 0.25) is 0 Å². The first-order valence-corrected chi connectivity index (χ1v) is 14.8. The van der Waals surface area contributed by atoms with Crippen molar-refractivity contribution in [3.8, 4) is 0 Å². The molecule has 2 fully saturated rings. The summed E-state index contributed by atoms with van der Waals surface area (Å²) in [5.41, 5.74) is 7.09. The molecule has 1 N–H and O–H groups in total. The number of pyridine rings is 2. The largest absolute Gasteiger partial charge is 0.391 e. The number of β-amino-alcohol motifs (C(OH)–C–C–N with tert-alkyl or cyclic N) is 1. The van der Waals surface area contributed by atoms with E-state index in [9.17, 15) is 5.11 Å². The fourth-order valence-electron chi connectivity index (χ4n) is 6.27. The smallest absolute Gasteiger partial charge is 0.0780 e. The Hall–Kier alpha value is -2.06. The summed E-state index contributed by atoms with van der Waals surface area (Å²) in [7, 11) is 8.17. The van der Waals surface area contributed by atoms with Crippen molar-refractivity contribution in [1.29, 1.82) is 0 Å². The third kappa shape index (κ3) is 7.37. The Balaban J connectivity index is 1.47. The highest BCUT2D eigenvalue weighted by Gasteiger charge is 2.34. The Morgan fingerprint density at radius 2 is 1.59 bits per heavy atom. The number of anilines is 1. The summed E-state index contributed by atoms with van der Waals surface area (Å²) in [6.45, 7) is 12.7. The van der Waals surface area contributed by atoms with Crippen molar-refractivity contribution in [2.75, 3.05) is 52.8 Å². The molecule has 1 saturated heterocycles. The molecule has 0 amide bonds. The zero-order chi connectivity index (χ0) is 28.3. The number of aliphatic hydroxyl groups excluding tert-OH is 1. The lowest BCUT2D eigenvalue weighted by Gasteiger charge is -2.26. The van der Waals surface area contributed by atoms with Crippen LogP contribution in [-0.2, 0) is 17.8 Å². The number of rotatable bonds is 11. The van der Waals surface area contributed by atoms with E-state index in [1.54, 1.807) is 0 Å². The predicted molar refractivity (Wildman–Crippen MR) is 159 cm³/mol. The molecule has 1 saturated carbocycles. The summed E-state index contributed by atoms with van der Waals surface area (Å²) in [6, 6.07) is 8.89. The topological polar surface area (TPSA) is 65.0 Å². The number of methoxy groups -OCH3 is 1. The molecule has 1 unspecified atom stereocenters. The second-order valence-electron chi connectivity index (χ2n) is 12.8. The fraction of sp³-hybridized carbons (Fsp3) is 0.688. The first-order valence-electron chi connectivity index (χ1n) is 14.8. The molecule has 2 aromatic rings. The predicted octanol–water partition coefficient (Wildman–Crippen LogP) is 5.00. The fourth-order valence-corrected chi connectivity index (χ4v) is 6.27. The van der Waals surface area contributed by atoms with E-state index in [0.717, 1.165) is 68.2 Å². The van der Waals surface area contributed by atoms with E-state index in [0.29, 0.717) is 30.4 Å². The van der Waals surface area contributed by atoms with Gasteiger partial charge in [-0.05, 0) is 81.9 Å². The van der Waals surface area contributed by atoms with Crippen LogP contribution in [0.4, 0.5) is 5.69 Å². The molecule has 0 radical (unpaired) electrons. The molecule has 3 heterocycles. The quantitative estimate of drug-likeness (QED) is 0.433. The van der Waals surface area contributed by atoms with E-state index < -0.39 is 0 Å². The maximum atomic E-state index is 11.1. The summed E-state index contributed by atoms with van der Waals surface area (Å²) in [4.78, 5) is 17.0. The maximum Gasteiger partial charge on any atom is 0.0780 e. The highest BCUT2D eigenvalue weighted by molar-refractivity contribution is 5.53. The summed E-state index contributed by atoms with van der Waals surface area (Å²) in [6.07, 6.45) is 3.34. The number of hydrogen-bond acceptors (Lipinski definition) is 7. The Labute approximate surface area is 236 Å². The van der Waals surface area contributed by atoms with Gasteiger partial charge in [-0.3, -0.25) is 9.97 Å². The van der Waals surface area contributed by atoms with Crippen LogP contribution in [0.1, 0.15) is 93.1 Å². The minimum absolute atomic E-state index is 0.174. The van der Waals surface area contributed by atoms with Crippen molar-refractivity contribution < 1.29 is 9.84 Å². The summed E-state index contributed by atoms with van der Waals surface area (Å²) in [5, 5.41) is 11.1. The van der Waals surface area contributed by atoms with Crippen molar-refractivity contribution >= 4 is 5.69 Å². The molecule has 1 aliphatic heterocycles. The molecule has 0 aromatic carbocycles. The molecule has 39 heavy (non-hydrogen) atoms. The van der Waals surface area contributed by atoms with Crippen LogP contribution in [0.15, 0.2) is 24.3 Å². The van der Waals surface area contributed by atoms with Gasteiger partial charge in [-0.1, -0.05) is 33.8 Å². The van der Waals surface area contributed by atoms with E-state index in [4.69, 9.17) is 14.7 Å². The van der Waals surface area contributed by atoms with Crippen molar-refractivity contribution in [1.82, 2.24) is 19.8 Å². The average molecular weight is 538 g/mol. The van der Waals surface area contributed by atoms with Gasteiger partial charge in [0.15, 0.2) is 0 Å². The minimum Gasteiger partial charge on any atom is -0.391 e. The first-order chi connectivity index (χ1) is 18.5. The zero-order valence-corrected chi connectivity index (χ0v) is 25.5. The van der Waals surface area contributed by atoms with Crippen LogP contribution in [0.25, 0.3) is 0 Å². The third-order valence-corrected chi connectivity index (χ3v) is 8.52. The van der Waals surface area contributed by atoms with Gasteiger partial charge in [0.05, 0.1) is 29.3 Å². The maximum absolute atomic E-state index is 11.1. The van der Waals surface area contributed by atoms with Gasteiger partial charge in [-0.2, -0.15) is 0 Å². The molecule has 216 valence electrons. The van der Waals surface area contributed by atoms with E-state index in [2.05, 4.69) is 87.8 Å². The summed E-state index contributed by atoms with van der Waals surface area (Å²) in [5.74, 6) is 1.47. The van der Waals surface area contributed by atoms with Crippen LogP contribution in [0.3, 0.4) is 0 Å². The molecule has 4 atom stereocenters. The highest BCUT2D eigenvalue weighted by Crippen LogP contribution is 2.38. The Kier molecular flexibility index (Phi) is 10.0. The van der Waals surface area contributed by atoms with Gasteiger partial charge in [-0.25, -0.2) is 0 Å². The molecule has 2 aromatic heterocycles. The van der Waals surface area contributed by atoms with Crippen LogP contribution in [0, 0.1) is 5.92 Å². The lowest BCUT2D eigenvalue weighted by atomic mass is 9.94. The second kappa shape index (κ2) is 13.1. The van der Waals surface area contributed by atoms with Crippen LogP contribution in [0.5, 0.6) is 0 Å². The summed E-state index contributed by atoms with van der Waals surface area (Å²) >= 11 is 0. The molecule has 4 rings (SSSR count). The van der Waals surface area contributed by atoms with Crippen LogP contribution in [0.2, 0.25) is 0 Å². The van der Waals surface area contributed by atoms with Crippen molar-refractivity contribution in [2.24, 2.45) is 5.92 Å². The minimum atomic E-state index is -0.365. The van der Waals surface area contributed by atoms with E-state index in [1.807, 2.05) is 7.11 Å². The monoisotopic (exact) mass is 537 g/mol. The first kappa shape index (κ1) is 29.9. The molecular formula is C32H51N5O2. The Morgan fingerprint density at radius 1 is 0.923 bits per heavy atom. The molecular weight excluding hydrogens is 486 g/mol. The highest BCUT2D eigenvalue weighted by atomic mass is 16.5. The Morgan fingerprint density at radius 3 is 2.21 bits per heavy atom. The normalized spacial score (nSPS) is 23.8. The molecule has 0 bridgehead atoms. The SMILES string of the molecule is CO[C@H]1CC[C@@H](c2ccc(C(C)C)nc2CN(C)CC2CN(c3ccc(C(C)C)nc3CN(C)C)C[C@@H]2O)C1. The van der Waals surface area contributed by atoms with Crippen molar-refractivity contribution in [3.63, 3.8) is 0 Å². The average Bonchev–Trinajstić information content (AvgIpc) is 3.50. The lowest BCUT2D eigenvalue weighted by Crippen LogP contribution is -2.32. The van der Waals surface area contributed by atoms with Gasteiger partial charge >= 0.3 is 0 Å². The second-order valence-corrected chi connectivity index (χ2v) is 12.8. The number of hydrogen-bond donors (Lipinski definition) is 1. The van der Waals surface area contributed by atoms with E-state index >= 15 is 0 Å². The molecule has 7 heteroatoms. The Bertz CT molecular complexity index is 1090. The molecule has 0 spiro atoms. The van der Waals surface area contributed by atoms with Crippen molar-refractivity contribution in [2.45, 2.75) is 90.0 Å². The lowest BCUT2D eigenvalue weighted by molar-refractivity contribution is 0.108. The van der Waals surface area contributed by atoms with Gasteiger partial charge in [0.1, 0.15) is 0 Å². The standard InChI is InChI=1S/C32H51N5O2/c1-21(2)27-12-11-26(23-9-10-25(15-23)39-8)29(33-27)19-36(7)16-24-17-37(20-32(24)38)31-14-13-28(22(3)4)34-30(31)18-35(5)6/h11-14,21-25,32,38H,9-10,15-20H2,1-8H3/t23-,24?,25+,32+/m1/s1. The summed E-state index contributed by atoms with van der Waals surface area (Å²) < 4.78 is 5.67. The van der Waals surface area contributed by atoms with Crippen molar-refractivity contribution in [3.05, 3.63) is 52.6 Å². The zero-order valence-electron chi connectivity index (χ0n) is 25.5. The number of aliphatic hydroxyl groups is 1. The van der Waals surface area contributed by atoms with Crippen LogP contribution in [-0.4, -0.2) is 85.0 Å². The molecule has 1 aliphatic carbocycles. The van der Waals surface area contributed by atoms with E-state index in [1.165, 1.54) is 11.3 Å². The van der Waals surface area contributed by atoms with Gasteiger partial charge < -0.3 is 24.5 Å². The number of ether oxygens (including phenoxy) is 1. The van der Waals surface area contributed by atoms with Crippen LogP contribution < -0.4 is 4.90 Å². The molecule has 2 aliphatic rings. The van der Waals surface area contributed by atoms with E-state index in [-0.39, 0.29) is 12.0 Å². The van der Waals surface area contributed by atoms with Gasteiger partial charge in [0.25, 0.3) is 0 Å². The van der Waals surface area contributed by atoms with Gasteiger partial charge in [-0.15, -0.1) is 0 Å². The third-order valence-electron chi connectivity index (χ3n) is 8.52. The molecule has 7 nitrogen and oxygen atoms in total. The number of aromatic nitrogens is 2.